The number of anilines is 1. The minimum absolute atomic E-state index is 0.0972. The van der Waals surface area contributed by atoms with E-state index >= 15 is 0 Å². The largest absolute Gasteiger partial charge is 0.496 e. The van der Waals surface area contributed by atoms with Crippen molar-refractivity contribution in [3.05, 3.63) is 41.7 Å². The third-order valence-corrected chi connectivity index (χ3v) is 5.60. The lowest BCUT2D eigenvalue weighted by atomic mass is 9.95. The van der Waals surface area contributed by atoms with Gasteiger partial charge in [-0.25, -0.2) is 15.0 Å². The maximum absolute atomic E-state index is 9.69. The summed E-state index contributed by atoms with van der Waals surface area (Å²) in [4.78, 5) is 17.0. The second-order valence-electron chi connectivity index (χ2n) is 8.99. The normalized spacial score (nSPS) is 17.2. The van der Waals surface area contributed by atoms with Crippen molar-refractivity contribution in [3.8, 4) is 17.0 Å². The van der Waals surface area contributed by atoms with Gasteiger partial charge in [0.15, 0.2) is 5.65 Å². The summed E-state index contributed by atoms with van der Waals surface area (Å²) in [6.07, 6.45) is 0. The number of rotatable bonds is 4. The Bertz CT molecular complexity index is 1090. The summed E-state index contributed by atoms with van der Waals surface area (Å²) in [6.45, 7) is 10.5. The van der Waals surface area contributed by atoms with Crippen molar-refractivity contribution in [1.29, 1.82) is 0 Å². The maximum Gasteiger partial charge on any atom is 0.165 e. The lowest BCUT2D eigenvalue weighted by Crippen LogP contribution is -2.44. The first-order chi connectivity index (χ1) is 14.8. The van der Waals surface area contributed by atoms with Crippen LogP contribution in [0.4, 0.5) is 5.82 Å². The van der Waals surface area contributed by atoms with Crippen molar-refractivity contribution in [2.75, 3.05) is 31.8 Å². The van der Waals surface area contributed by atoms with Crippen LogP contribution < -0.4 is 9.64 Å². The number of ether oxygens (including phenoxy) is 2. The minimum Gasteiger partial charge on any atom is -0.496 e. The molecule has 1 atom stereocenters. The van der Waals surface area contributed by atoms with Gasteiger partial charge in [0.25, 0.3) is 0 Å². The Kier molecular flexibility index (Phi) is 5.81. The second kappa shape index (κ2) is 8.40. The van der Waals surface area contributed by atoms with Crippen molar-refractivity contribution in [2.24, 2.45) is 0 Å². The summed E-state index contributed by atoms with van der Waals surface area (Å²) in [5.74, 6) is 2.34. The standard InChI is InChI=1S/C24H30N4O3/c1-15-14-31-11-10-28(15)22-18-7-8-19(16-6-9-20(30-5)17(12-16)13-29)25-21(18)26-23(27-22)24(2,3)4/h6-9,12,15,29H,10-11,13-14H2,1-5H3/t15-/m0/s1. The van der Waals surface area contributed by atoms with E-state index in [2.05, 4.69) is 32.6 Å². The average molecular weight is 423 g/mol. The number of methoxy groups -OCH3 is 1. The second-order valence-corrected chi connectivity index (χ2v) is 8.99. The molecule has 1 aromatic carbocycles. The number of aliphatic hydroxyl groups excluding tert-OH is 1. The number of hydrogen-bond acceptors (Lipinski definition) is 7. The fraction of sp³-hybridized carbons (Fsp3) is 0.458. The highest BCUT2D eigenvalue weighted by Crippen LogP contribution is 2.32. The van der Waals surface area contributed by atoms with E-state index in [1.807, 2.05) is 30.3 Å². The Labute approximate surface area is 183 Å². The van der Waals surface area contributed by atoms with Crippen LogP contribution in [0.5, 0.6) is 5.75 Å². The highest BCUT2D eigenvalue weighted by molar-refractivity contribution is 5.89. The SMILES string of the molecule is COc1ccc(-c2ccc3c(N4CCOC[C@@H]4C)nc(C(C)(C)C)nc3n2)cc1CO. The predicted octanol–water partition coefficient (Wildman–Crippen LogP) is 3.72. The third-order valence-electron chi connectivity index (χ3n) is 5.60. The summed E-state index contributed by atoms with van der Waals surface area (Å²) >= 11 is 0. The Morgan fingerprint density at radius 1 is 1.16 bits per heavy atom. The van der Waals surface area contributed by atoms with Gasteiger partial charge < -0.3 is 19.5 Å². The van der Waals surface area contributed by atoms with E-state index in [0.29, 0.717) is 24.6 Å². The van der Waals surface area contributed by atoms with E-state index in [-0.39, 0.29) is 18.1 Å². The maximum atomic E-state index is 9.69. The van der Waals surface area contributed by atoms with E-state index in [1.54, 1.807) is 7.11 Å². The van der Waals surface area contributed by atoms with Crippen molar-refractivity contribution < 1.29 is 14.6 Å². The van der Waals surface area contributed by atoms with E-state index < -0.39 is 0 Å². The zero-order chi connectivity index (χ0) is 22.2. The molecule has 3 aromatic rings. The Balaban J connectivity index is 1.87. The van der Waals surface area contributed by atoms with Gasteiger partial charge >= 0.3 is 0 Å². The van der Waals surface area contributed by atoms with Crippen molar-refractivity contribution in [3.63, 3.8) is 0 Å². The van der Waals surface area contributed by atoms with Crippen LogP contribution in [0.15, 0.2) is 30.3 Å². The molecular weight excluding hydrogens is 392 g/mol. The number of aromatic nitrogens is 3. The summed E-state index contributed by atoms with van der Waals surface area (Å²) in [6, 6.07) is 9.97. The summed E-state index contributed by atoms with van der Waals surface area (Å²) < 4.78 is 11.0. The van der Waals surface area contributed by atoms with Crippen LogP contribution in [0.3, 0.4) is 0 Å². The number of morpholine rings is 1. The molecule has 31 heavy (non-hydrogen) atoms. The number of aliphatic hydroxyl groups is 1. The van der Waals surface area contributed by atoms with Crippen LogP contribution in [0.1, 0.15) is 39.1 Å². The Morgan fingerprint density at radius 2 is 1.97 bits per heavy atom. The molecule has 1 aliphatic rings. The van der Waals surface area contributed by atoms with Gasteiger partial charge in [0.1, 0.15) is 17.4 Å². The molecule has 7 nitrogen and oxygen atoms in total. The Morgan fingerprint density at radius 3 is 2.65 bits per heavy atom. The van der Waals surface area contributed by atoms with Crippen LogP contribution >= 0.6 is 0 Å². The predicted molar refractivity (Wildman–Crippen MR) is 122 cm³/mol. The molecule has 1 N–H and O–H groups in total. The fourth-order valence-corrected chi connectivity index (χ4v) is 3.81. The average Bonchev–Trinajstić information content (AvgIpc) is 2.77. The molecule has 0 spiro atoms. The van der Waals surface area contributed by atoms with E-state index in [1.165, 1.54) is 0 Å². The fourth-order valence-electron chi connectivity index (χ4n) is 3.81. The topological polar surface area (TPSA) is 80.6 Å². The quantitative estimate of drug-likeness (QED) is 0.686. The van der Waals surface area contributed by atoms with E-state index in [9.17, 15) is 5.11 Å². The van der Waals surface area contributed by atoms with Gasteiger partial charge in [-0.05, 0) is 37.3 Å². The first kappa shape index (κ1) is 21.5. The first-order valence-electron chi connectivity index (χ1n) is 10.6. The van der Waals surface area contributed by atoms with Crippen molar-refractivity contribution in [2.45, 2.75) is 45.8 Å². The van der Waals surface area contributed by atoms with E-state index in [4.69, 9.17) is 24.4 Å². The van der Waals surface area contributed by atoms with Gasteiger partial charge in [-0.2, -0.15) is 0 Å². The molecule has 1 saturated heterocycles. The molecule has 164 valence electrons. The third kappa shape index (κ3) is 4.20. The summed E-state index contributed by atoms with van der Waals surface area (Å²) in [7, 11) is 1.60. The number of fused-ring (bicyclic) bond motifs is 1. The van der Waals surface area contributed by atoms with E-state index in [0.717, 1.165) is 40.4 Å². The van der Waals surface area contributed by atoms with Crippen LogP contribution in [0, 0.1) is 0 Å². The lowest BCUT2D eigenvalue weighted by Gasteiger charge is -2.35. The van der Waals surface area contributed by atoms with Gasteiger partial charge in [-0.3, -0.25) is 0 Å². The van der Waals surface area contributed by atoms with Crippen LogP contribution in [-0.4, -0.2) is 53.0 Å². The summed E-state index contributed by atoms with van der Waals surface area (Å²) in [5, 5.41) is 10.6. The molecule has 1 fully saturated rings. The first-order valence-corrected chi connectivity index (χ1v) is 10.6. The van der Waals surface area contributed by atoms with Gasteiger partial charge in [0, 0.05) is 23.1 Å². The molecule has 0 unspecified atom stereocenters. The van der Waals surface area contributed by atoms with Crippen molar-refractivity contribution in [1.82, 2.24) is 15.0 Å². The van der Waals surface area contributed by atoms with Gasteiger partial charge in [0.2, 0.25) is 0 Å². The molecule has 0 saturated carbocycles. The molecule has 0 amide bonds. The molecule has 1 aliphatic heterocycles. The van der Waals surface area contributed by atoms with Gasteiger partial charge in [-0.1, -0.05) is 20.8 Å². The highest BCUT2D eigenvalue weighted by atomic mass is 16.5. The van der Waals surface area contributed by atoms with Crippen LogP contribution in [0.25, 0.3) is 22.3 Å². The lowest BCUT2D eigenvalue weighted by molar-refractivity contribution is 0.0986. The molecular formula is C24H30N4O3. The van der Waals surface area contributed by atoms with Crippen LogP contribution in [-0.2, 0) is 16.8 Å². The summed E-state index contributed by atoms with van der Waals surface area (Å²) in [5.41, 5.74) is 2.89. The molecule has 0 bridgehead atoms. The number of benzene rings is 1. The number of hydrogen-bond donors (Lipinski definition) is 1. The smallest absolute Gasteiger partial charge is 0.165 e. The van der Waals surface area contributed by atoms with Crippen molar-refractivity contribution >= 4 is 16.9 Å². The molecule has 0 aliphatic carbocycles. The zero-order valence-corrected chi connectivity index (χ0v) is 18.8. The van der Waals surface area contributed by atoms with Crippen LogP contribution in [0.2, 0.25) is 0 Å². The number of pyridine rings is 1. The molecule has 0 radical (unpaired) electrons. The molecule has 7 heteroatoms. The minimum atomic E-state index is -0.208. The Hall–Kier alpha value is -2.77. The van der Waals surface area contributed by atoms with Gasteiger partial charge in [-0.15, -0.1) is 0 Å². The highest BCUT2D eigenvalue weighted by Gasteiger charge is 2.26. The monoisotopic (exact) mass is 422 g/mol. The molecule has 3 heterocycles. The molecule has 4 rings (SSSR count). The zero-order valence-electron chi connectivity index (χ0n) is 18.8. The van der Waals surface area contributed by atoms with Gasteiger partial charge in [0.05, 0.1) is 44.1 Å². The molecule has 2 aromatic heterocycles. The number of nitrogens with zero attached hydrogens (tertiary/aromatic N) is 4.